The van der Waals surface area contributed by atoms with Crippen LogP contribution in [-0.4, -0.2) is 24.0 Å². The molecule has 1 aromatic carbocycles. The van der Waals surface area contributed by atoms with Gasteiger partial charge < -0.3 is 5.73 Å². The Morgan fingerprint density at radius 2 is 2.00 bits per heavy atom. The summed E-state index contributed by atoms with van der Waals surface area (Å²) in [6, 6.07) is 2.83. The number of nitrogens with two attached hydrogens (primary N) is 1. The van der Waals surface area contributed by atoms with Crippen molar-refractivity contribution in [3.8, 4) is 0 Å². The standard InChI is InChI=1S/C14H18F4N2/c1-9-7-20(3-2-13(9)19)8-10-4-11(14(16,17)18)6-12(15)5-10/h4-6,9,13H,2-3,7-8,19H2,1H3. The zero-order valence-corrected chi connectivity index (χ0v) is 11.3. The van der Waals surface area contributed by atoms with Gasteiger partial charge in [0.25, 0.3) is 0 Å². The first-order valence-electron chi connectivity index (χ1n) is 6.60. The normalized spacial score (nSPS) is 24.9. The molecule has 1 aliphatic heterocycles. The van der Waals surface area contributed by atoms with Crippen LogP contribution < -0.4 is 5.73 Å². The molecule has 0 aromatic heterocycles. The van der Waals surface area contributed by atoms with E-state index in [0.29, 0.717) is 24.1 Å². The van der Waals surface area contributed by atoms with Crippen LogP contribution in [0.5, 0.6) is 0 Å². The van der Waals surface area contributed by atoms with E-state index < -0.39 is 17.6 Å². The van der Waals surface area contributed by atoms with Crippen molar-refractivity contribution in [1.29, 1.82) is 0 Å². The van der Waals surface area contributed by atoms with Crippen LogP contribution in [0.3, 0.4) is 0 Å². The molecule has 112 valence electrons. The summed E-state index contributed by atoms with van der Waals surface area (Å²) in [7, 11) is 0. The van der Waals surface area contributed by atoms with Gasteiger partial charge in [0.1, 0.15) is 5.82 Å². The largest absolute Gasteiger partial charge is 0.416 e. The van der Waals surface area contributed by atoms with Gasteiger partial charge in [-0.25, -0.2) is 4.39 Å². The molecule has 1 aliphatic rings. The number of rotatable bonds is 2. The minimum Gasteiger partial charge on any atom is -0.327 e. The lowest BCUT2D eigenvalue weighted by Crippen LogP contribution is -2.45. The summed E-state index contributed by atoms with van der Waals surface area (Å²) < 4.78 is 51.2. The van der Waals surface area contributed by atoms with Crippen LogP contribution in [0.2, 0.25) is 0 Å². The van der Waals surface area contributed by atoms with Crippen molar-refractivity contribution in [2.75, 3.05) is 13.1 Å². The Morgan fingerprint density at radius 1 is 1.30 bits per heavy atom. The van der Waals surface area contributed by atoms with Gasteiger partial charge in [-0.3, -0.25) is 4.90 Å². The first-order chi connectivity index (χ1) is 9.25. The maximum Gasteiger partial charge on any atom is 0.416 e. The van der Waals surface area contributed by atoms with Gasteiger partial charge in [-0.05, 0) is 42.6 Å². The highest BCUT2D eigenvalue weighted by Gasteiger charge is 2.31. The van der Waals surface area contributed by atoms with Gasteiger partial charge in [0, 0.05) is 19.1 Å². The average Bonchev–Trinajstić information content (AvgIpc) is 2.32. The Labute approximate surface area is 115 Å². The van der Waals surface area contributed by atoms with Crippen LogP contribution in [0.1, 0.15) is 24.5 Å². The van der Waals surface area contributed by atoms with Crippen molar-refractivity contribution >= 4 is 0 Å². The van der Waals surface area contributed by atoms with Gasteiger partial charge >= 0.3 is 6.18 Å². The third kappa shape index (κ3) is 3.70. The summed E-state index contributed by atoms with van der Waals surface area (Å²) in [4.78, 5) is 2.02. The number of benzene rings is 1. The molecular weight excluding hydrogens is 272 g/mol. The van der Waals surface area contributed by atoms with Crippen molar-refractivity contribution in [2.24, 2.45) is 11.7 Å². The molecular formula is C14H18F4N2. The first kappa shape index (κ1) is 15.3. The topological polar surface area (TPSA) is 29.3 Å². The molecule has 1 heterocycles. The first-order valence-corrected chi connectivity index (χ1v) is 6.60. The fourth-order valence-electron chi connectivity index (χ4n) is 2.56. The molecule has 0 spiro atoms. The Morgan fingerprint density at radius 3 is 2.60 bits per heavy atom. The lowest BCUT2D eigenvalue weighted by molar-refractivity contribution is -0.137. The monoisotopic (exact) mass is 290 g/mol. The highest BCUT2D eigenvalue weighted by molar-refractivity contribution is 5.26. The predicted molar refractivity (Wildman–Crippen MR) is 68.4 cm³/mol. The molecule has 20 heavy (non-hydrogen) atoms. The molecule has 0 radical (unpaired) electrons. The zero-order valence-electron chi connectivity index (χ0n) is 11.3. The van der Waals surface area contributed by atoms with E-state index in [0.717, 1.165) is 31.6 Å². The van der Waals surface area contributed by atoms with E-state index in [4.69, 9.17) is 5.73 Å². The van der Waals surface area contributed by atoms with E-state index in [1.54, 1.807) is 0 Å². The van der Waals surface area contributed by atoms with Gasteiger partial charge in [-0.1, -0.05) is 6.92 Å². The Bertz CT molecular complexity index is 473. The van der Waals surface area contributed by atoms with Crippen LogP contribution in [0.25, 0.3) is 0 Å². The van der Waals surface area contributed by atoms with Crippen molar-refractivity contribution in [3.63, 3.8) is 0 Å². The zero-order chi connectivity index (χ0) is 14.9. The van der Waals surface area contributed by atoms with Crippen LogP contribution in [-0.2, 0) is 12.7 Å². The summed E-state index contributed by atoms with van der Waals surface area (Å²) in [6.45, 7) is 3.78. The fraction of sp³-hybridized carbons (Fsp3) is 0.571. The Balaban J connectivity index is 2.12. The average molecular weight is 290 g/mol. The molecule has 0 saturated carbocycles. The third-order valence-electron chi connectivity index (χ3n) is 3.75. The van der Waals surface area contributed by atoms with E-state index in [1.165, 1.54) is 0 Å². The maximum atomic E-state index is 13.3. The molecule has 1 saturated heterocycles. The van der Waals surface area contributed by atoms with Gasteiger partial charge in [-0.15, -0.1) is 0 Å². The second-order valence-corrected chi connectivity index (χ2v) is 5.51. The highest BCUT2D eigenvalue weighted by atomic mass is 19.4. The number of hydrogen-bond donors (Lipinski definition) is 1. The SMILES string of the molecule is CC1CN(Cc2cc(F)cc(C(F)(F)F)c2)CCC1N. The lowest BCUT2D eigenvalue weighted by atomic mass is 9.94. The quantitative estimate of drug-likeness (QED) is 0.848. The minimum atomic E-state index is -4.52. The molecule has 6 heteroatoms. The molecule has 2 unspecified atom stereocenters. The smallest absolute Gasteiger partial charge is 0.327 e. The van der Waals surface area contributed by atoms with Crippen molar-refractivity contribution in [1.82, 2.24) is 4.90 Å². The molecule has 2 nitrogen and oxygen atoms in total. The van der Waals surface area contributed by atoms with Crippen LogP contribution in [0.15, 0.2) is 18.2 Å². The molecule has 0 aliphatic carbocycles. The number of piperidine rings is 1. The van der Waals surface area contributed by atoms with E-state index >= 15 is 0 Å². The van der Waals surface area contributed by atoms with Gasteiger partial charge in [0.2, 0.25) is 0 Å². The van der Waals surface area contributed by atoms with Gasteiger partial charge in [-0.2, -0.15) is 13.2 Å². The summed E-state index contributed by atoms with van der Waals surface area (Å²) in [5.74, 6) is -0.559. The van der Waals surface area contributed by atoms with Gasteiger partial charge in [0.15, 0.2) is 0 Å². The number of likely N-dealkylation sites (tertiary alicyclic amines) is 1. The number of alkyl halides is 3. The number of hydrogen-bond acceptors (Lipinski definition) is 2. The highest BCUT2D eigenvalue weighted by Crippen LogP contribution is 2.31. The molecule has 0 amide bonds. The second kappa shape index (κ2) is 5.69. The van der Waals surface area contributed by atoms with E-state index in [2.05, 4.69) is 0 Å². The summed E-state index contributed by atoms with van der Waals surface area (Å²) in [5, 5.41) is 0. The van der Waals surface area contributed by atoms with Crippen molar-refractivity contribution in [2.45, 2.75) is 32.1 Å². The third-order valence-corrected chi connectivity index (χ3v) is 3.75. The molecule has 0 bridgehead atoms. The molecule has 1 fully saturated rings. The van der Waals surface area contributed by atoms with Crippen molar-refractivity contribution in [3.05, 3.63) is 35.1 Å². The molecule has 2 rings (SSSR count). The molecule has 2 atom stereocenters. The van der Waals surface area contributed by atoms with E-state index in [-0.39, 0.29) is 6.04 Å². The Kier molecular flexibility index (Phi) is 4.34. The van der Waals surface area contributed by atoms with Crippen molar-refractivity contribution < 1.29 is 17.6 Å². The predicted octanol–water partition coefficient (Wildman–Crippen LogP) is 3.01. The van der Waals surface area contributed by atoms with Crippen LogP contribution in [0.4, 0.5) is 17.6 Å². The molecule has 1 aromatic rings. The number of nitrogens with zero attached hydrogens (tertiary/aromatic N) is 1. The lowest BCUT2D eigenvalue weighted by Gasteiger charge is -2.35. The molecule has 2 N–H and O–H groups in total. The Hall–Kier alpha value is -1.14. The van der Waals surface area contributed by atoms with Crippen LogP contribution in [0, 0.1) is 11.7 Å². The van der Waals surface area contributed by atoms with E-state index in [1.807, 2.05) is 11.8 Å². The number of halogens is 4. The summed E-state index contributed by atoms with van der Waals surface area (Å²) in [6.07, 6.45) is -3.71. The maximum absolute atomic E-state index is 13.3. The summed E-state index contributed by atoms with van der Waals surface area (Å²) in [5.41, 5.74) is 5.32. The fourth-order valence-corrected chi connectivity index (χ4v) is 2.56. The van der Waals surface area contributed by atoms with E-state index in [9.17, 15) is 17.6 Å². The van der Waals surface area contributed by atoms with Crippen LogP contribution >= 0.6 is 0 Å². The second-order valence-electron chi connectivity index (χ2n) is 5.51. The summed E-state index contributed by atoms with van der Waals surface area (Å²) >= 11 is 0. The minimum absolute atomic E-state index is 0.129. The van der Waals surface area contributed by atoms with Gasteiger partial charge in [0.05, 0.1) is 5.56 Å².